The Morgan fingerprint density at radius 2 is 2.25 bits per heavy atom. The van der Waals surface area contributed by atoms with E-state index >= 15 is 0 Å². The second kappa shape index (κ2) is 3.77. The first-order valence-electron chi connectivity index (χ1n) is 4.41. The highest BCUT2D eigenvalue weighted by atomic mass is 79.9. The lowest BCUT2D eigenvalue weighted by molar-refractivity contribution is -0.129. The van der Waals surface area contributed by atoms with Gasteiger partial charge in [0.1, 0.15) is 0 Å². The highest BCUT2D eigenvalue weighted by molar-refractivity contribution is 9.10. The number of hydrogen-bond acceptors (Lipinski definition) is 1. The first-order chi connectivity index (χ1) is 5.52. The molecule has 0 heterocycles. The van der Waals surface area contributed by atoms with Crippen LogP contribution in [0.2, 0.25) is 0 Å². The third-order valence-corrected chi connectivity index (χ3v) is 2.89. The molecule has 0 radical (unpaired) electrons. The van der Waals surface area contributed by atoms with Gasteiger partial charge < -0.3 is 4.90 Å². The van der Waals surface area contributed by atoms with Gasteiger partial charge in [-0.3, -0.25) is 4.79 Å². The van der Waals surface area contributed by atoms with E-state index in [1.807, 2.05) is 18.9 Å². The van der Waals surface area contributed by atoms with Gasteiger partial charge in [0.25, 0.3) is 0 Å². The van der Waals surface area contributed by atoms with Crippen LogP contribution >= 0.6 is 15.9 Å². The van der Waals surface area contributed by atoms with Crippen LogP contribution in [-0.4, -0.2) is 29.2 Å². The van der Waals surface area contributed by atoms with Crippen molar-refractivity contribution in [1.29, 1.82) is 0 Å². The van der Waals surface area contributed by atoms with Crippen LogP contribution in [0.15, 0.2) is 0 Å². The quantitative estimate of drug-likeness (QED) is 0.683. The van der Waals surface area contributed by atoms with Crippen LogP contribution in [0.1, 0.15) is 20.3 Å². The summed E-state index contributed by atoms with van der Waals surface area (Å²) in [6, 6.07) is 0. The first-order valence-corrected chi connectivity index (χ1v) is 5.33. The van der Waals surface area contributed by atoms with E-state index in [9.17, 15) is 4.79 Å². The van der Waals surface area contributed by atoms with E-state index in [2.05, 4.69) is 22.9 Å². The van der Waals surface area contributed by atoms with Crippen molar-refractivity contribution in [2.45, 2.75) is 25.1 Å². The van der Waals surface area contributed by atoms with Crippen molar-refractivity contribution in [3.63, 3.8) is 0 Å². The SMILES string of the molecule is CC(Br)C(=O)N(C)CC1CC1C. The minimum atomic E-state index is -0.0449. The summed E-state index contributed by atoms with van der Waals surface area (Å²) < 4.78 is 0. The second-order valence-corrected chi connectivity index (χ2v) is 5.18. The molecule has 0 aromatic carbocycles. The van der Waals surface area contributed by atoms with E-state index in [4.69, 9.17) is 0 Å². The molecule has 12 heavy (non-hydrogen) atoms. The van der Waals surface area contributed by atoms with Crippen LogP contribution in [-0.2, 0) is 4.79 Å². The molecule has 0 aromatic heterocycles. The number of carbonyl (C=O) groups is 1. The van der Waals surface area contributed by atoms with Crippen molar-refractivity contribution >= 4 is 21.8 Å². The molecule has 1 aliphatic rings. The van der Waals surface area contributed by atoms with Crippen LogP contribution in [0.5, 0.6) is 0 Å². The third-order valence-electron chi connectivity index (χ3n) is 2.50. The van der Waals surface area contributed by atoms with Gasteiger partial charge in [0.15, 0.2) is 0 Å². The lowest BCUT2D eigenvalue weighted by atomic mass is 10.3. The molecular formula is C9H16BrNO. The van der Waals surface area contributed by atoms with Crippen LogP contribution in [0.3, 0.4) is 0 Å². The van der Waals surface area contributed by atoms with Crippen LogP contribution in [0, 0.1) is 11.8 Å². The molecule has 3 unspecified atom stereocenters. The van der Waals surface area contributed by atoms with Gasteiger partial charge in [-0.05, 0) is 25.2 Å². The molecular weight excluding hydrogens is 218 g/mol. The summed E-state index contributed by atoms with van der Waals surface area (Å²) >= 11 is 3.27. The Bertz CT molecular complexity index is 181. The van der Waals surface area contributed by atoms with Gasteiger partial charge in [-0.1, -0.05) is 22.9 Å². The van der Waals surface area contributed by atoms with E-state index in [0.717, 1.165) is 18.4 Å². The summed E-state index contributed by atoms with van der Waals surface area (Å²) in [7, 11) is 1.88. The van der Waals surface area contributed by atoms with Crippen molar-refractivity contribution < 1.29 is 4.79 Å². The smallest absolute Gasteiger partial charge is 0.235 e. The summed E-state index contributed by atoms with van der Waals surface area (Å²) in [6.45, 7) is 5.03. The number of amides is 1. The van der Waals surface area contributed by atoms with E-state index in [1.54, 1.807) is 0 Å². The average Bonchev–Trinajstić information content (AvgIpc) is 2.64. The summed E-state index contributed by atoms with van der Waals surface area (Å²) in [5.74, 6) is 1.77. The maximum atomic E-state index is 11.4. The van der Waals surface area contributed by atoms with E-state index < -0.39 is 0 Å². The zero-order chi connectivity index (χ0) is 9.30. The number of rotatable bonds is 3. The maximum absolute atomic E-state index is 11.4. The highest BCUT2D eigenvalue weighted by Crippen LogP contribution is 2.38. The van der Waals surface area contributed by atoms with Crippen molar-refractivity contribution in [1.82, 2.24) is 4.90 Å². The fourth-order valence-corrected chi connectivity index (χ4v) is 1.75. The zero-order valence-corrected chi connectivity index (χ0v) is 9.47. The number of carbonyl (C=O) groups excluding carboxylic acids is 1. The molecule has 1 amide bonds. The van der Waals surface area contributed by atoms with Crippen molar-refractivity contribution in [2.24, 2.45) is 11.8 Å². The molecule has 1 fully saturated rings. The van der Waals surface area contributed by atoms with Crippen LogP contribution < -0.4 is 0 Å². The minimum absolute atomic E-state index is 0.0449. The molecule has 70 valence electrons. The largest absolute Gasteiger partial charge is 0.345 e. The fourth-order valence-electron chi connectivity index (χ4n) is 1.40. The molecule has 1 saturated carbocycles. The lowest BCUT2D eigenvalue weighted by Gasteiger charge is -2.18. The van der Waals surface area contributed by atoms with Crippen molar-refractivity contribution in [3.8, 4) is 0 Å². The summed E-state index contributed by atoms with van der Waals surface area (Å²) in [5, 5.41) is 0. The molecule has 2 nitrogen and oxygen atoms in total. The van der Waals surface area contributed by atoms with E-state index in [0.29, 0.717) is 0 Å². The zero-order valence-electron chi connectivity index (χ0n) is 7.88. The summed E-state index contributed by atoms with van der Waals surface area (Å²) in [6.07, 6.45) is 1.29. The van der Waals surface area contributed by atoms with Gasteiger partial charge in [0.05, 0.1) is 4.83 Å². The molecule has 0 aromatic rings. The van der Waals surface area contributed by atoms with Gasteiger partial charge in [0, 0.05) is 13.6 Å². The highest BCUT2D eigenvalue weighted by Gasteiger charge is 2.34. The predicted octanol–water partition coefficient (Wildman–Crippen LogP) is 1.88. The lowest BCUT2D eigenvalue weighted by Crippen LogP contribution is -2.33. The molecule has 0 aliphatic heterocycles. The molecule has 1 rings (SSSR count). The molecule has 0 spiro atoms. The number of alkyl halides is 1. The van der Waals surface area contributed by atoms with E-state index in [1.165, 1.54) is 6.42 Å². The summed E-state index contributed by atoms with van der Waals surface area (Å²) in [4.78, 5) is 13.2. The molecule has 0 saturated heterocycles. The number of halogens is 1. The number of nitrogens with zero attached hydrogens (tertiary/aromatic N) is 1. The van der Waals surface area contributed by atoms with Crippen LogP contribution in [0.25, 0.3) is 0 Å². The maximum Gasteiger partial charge on any atom is 0.235 e. The Balaban J connectivity index is 2.28. The monoisotopic (exact) mass is 233 g/mol. The Kier molecular flexibility index (Phi) is 3.16. The van der Waals surface area contributed by atoms with Gasteiger partial charge in [-0.15, -0.1) is 0 Å². The first kappa shape index (κ1) is 10.0. The molecule has 0 bridgehead atoms. The predicted molar refractivity (Wildman–Crippen MR) is 53.3 cm³/mol. The average molecular weight is 234 g/mol. The second-order valence-electron chi connectivity index (χ2n) is 3.81. The van der Waals surface area contributed by atoms with Gasteiger partial charge in [-0.25, -0.2) is 0 Å². The molecule has 0 N–H and O–H groups in total. The van der Waals surface area contributed by atoms with Crippen LogP contribution in [0.4, 0.5) is 0 Å². The van der Waals surface area contributed by atoms with Crippen molar-refractivity contribution in [2.75, 3.05) is 13.6 Å². The van der Waals surface area contributed by atoms with Gasteiger partial charge in [0.2, 0.25) is 5.91 Å². The van der Waals surface area contributed by atoms with Crippen molar-refractivity contribution in [3.05, 3.63) is 0 Å². The Morgan fingerprint density at radius 3 is 2.58 bits per heavy atom. The van der Waals surface area contributed by atoms with Gasteiger partial charge in [-0.2, -0.15) is 0 Å². The fraction of sp³-hybridized carbons (Fsp3) is 0.889. The molecule has 3 atom stereocenters. The topological polar surface area (TPSA) is 20.3 Å². The van der Waals surface area contributed by atoms with E-state index in [-0.39, 0.29) is 10.7 Å². The Labute approximate surface area is 82.4 Å². The summed E-state index contributed by atoms with van der Waals surface area (Å²) in [5.41, 5.74) is 0. The number of hydrogen-bond donors (Lipinski definition) is 0. The van der Waals surface area contributed by atoms with Gasteiger partial charge >= 0.3 is 0 Å². The molecule has 3 heteroatoms. The minimum Gasteiger partial charge on any atom is -0.345 e. The molecule has 1 aliphatic carbocycles. The third kappa shape index (κ3) is 2.47. The Hall–Kier alpha value is -0.0500. The Morgan fingerprint density at radius 1 is 1.75 bits per heavy atom. The standard InChI is InChI=1S/C9H16BrNO/c1-6-4-8(6)5-11(3)9(12)7(2)10/h6-8H,4-5H2,1-3H3. The normalized spacial score (nSPS) is 29.7.